The molecule has 0 bridgehead atoms. The normalized spacial score (nSPS) is 10.4. The Morgan fingerprint density at radius 1 is 1.31 bits per heavy atom. The largest absolute Gasteiger partial charge is 0.225 e. The molecule has 0 radical (unpaired) electrons. The van der Waals surface area contributed by atoms with E-state index >= 15 is 0 Å². The molecule has 5 nitrogen and oxygen atoms in total. The summed E-state index contributed by atoms with van der Waals surface area (Å²) >= 11 is 0. The van der Waals surface area contributed by atoms with Crippen LogP contribution >= 0.6 is 0 Å². The Bertz CT molecular complexity index is 579. The van der Waals surface area contributed by atoms with Crippen LogP contribution in [0.15, 0.2) is 17.0 Å². The molecule has 0 N–H and O–H groups in total. The van der Waals surface area contributed by atoms with Crippen molar-refractivity contribution in [2.45, 2.75) is 18.2 Å². The predicted molar refractivity (Wildman–Crippen MR) is 56.0 cm³/mol. The fourth-order valence-electron chi connectivity index (χ4n) is 1.22. The molecule has 1 rings (SSSR count). The summed E-state index contributed by atoms with van der Waals surface area (Å²) in [6.07, 6.45) is 0.465. The summed E-state index contributed by atoms with van der Waals surface area (Å²) in [4.78, 5) is 3.56. The van der Waals surface area contributed by atoms with Crippen molar-refractivity contribution in [1.82, 2.24) is 4.98 Å². The van der Waals surface area contributed by atoms with Crippen LogP contribution in [0.4, 0.5) is 0 Å². The van der Waals surface area contributed by atoms with Crippen molar-refractivity contribution in [2.75, 3.05) is 5.75 Å². The van der Waals surface area contributed by atoms with Crippen LogP contribution in [0, 0.1) is 22.7 Å². The van der Waals surface area contributed by atoms with Gasteiger partial charge in [0.05, 0.1) is 5.75 Å². The van der Waals surface area contributed by atoms with Crippen LogP contribution < -0.4 is 0 Å². The maximum atomic E-state index is 11.7. The molecule has 0 saturated heterocycles. The van der Waals surface area contributed by atoms with E-state index in [9.17, 15) is 8.42 Å². The SMILES string of the molecule is CCCS(=O)(=O)c1ccc(C#N)nc1C#N. The van der Waals surface area contributed by atoms with Crippen molar-refractivity contribution in [2.24, 2.45) is 0 Å². The Hall–Kier alpha value is -1.92. The zero-order valence-electron chi connectivity index (χ0n) is 8.64. The Morgan fingerprint density at radius 3 is 2.50 bits per heavy atom. The Labute approximate surface area is 93.9 Å². The number of rotatable bonds is 3. The van der Waals surface area contributed by atoms with Gasteiger partial charge in [0, 0.05) is 0 Å². The Balaban J connectivity index is 3.38. The highest BCUT2D eigenvalue weighted by molar-refractivity contribution is 7.91. The maximum absolute atomic E-state index is 11.7. The van der Waals surface area contributed by atoms with E-state index in [-0.39, 0.29) is 22.0 Å². The second-order valence-corrected chi connectivity index (χ2v) is 5.16. The third-order valence-electron chi connectivity index (χ3n) is 1.89. The highest BCUT2D eigenvalue weighted by atomic mass is 32.2. The van der Waals surface area contributed by atoms with Gasteiger partial charge in [0.15, 0.2) is 15.5 Å². The van der Waals surface area contributed by atoms with E-state index in [2.05, 4.69) is 4.98 Å². The van der Waals surface area contributed by atoms with Crippen LogP contribution in [-0.2, 0) is 9.84 Å². The first kappa shape index (κ1) is 12.2. The summed E-state index contributed by atoms with van der Waals surface area (Å²) in [6.45, 7) is 1.74. The molecule has 0 fully saturated rings. The van der Waals surface area contributed by atoms with Gasteiger partial charge in [0.2, 0.25) is 0 Å². The van der Waals surface area contributed by atoms with E-state index in [4.69, 9.17) is 10.5 Å². The smallest absolute Gasteiger partial charge is 0.181 e. The van der Waals surface area contributed by atoms with Gasteiger partial charge in [0.1, 0.15) is 22.7 Å². The number of hydrogen-bond donors (Lipinski definition) is 0. The van der Waals surface area contributed by atoms with Gasteiger partial charge < -0.3 is 0 Å². The minimum Gasteiger partial charge on any atom is -0.225 e. The van der Waals surface area contributed by atoms with Gasteiger partial charge in [0.25, 0.3) is 0 Å². The van der Waals surface area contributed by atoms with E-state index in [1.54, 1.807) is 19.1 Å². The molecular formula is C10H9N3O2S. The molecule has 1 heterocycles. The van der Waals surface area contributed by atoms with E-state index in [1.165, 1.54) is 12.1 Å². The average Bonchev–Trinajstić information content (AvgIpc) is 2.28. The summed E-state index contributed by atoms with van der Waals surface area (Å²) in [5, 5.41) is 17.4. The predicted octanol–water partition coefficient (Wildman–Crippen LogP) is 1.01. The highest BCUT2D eigenvalue weighted by Gasteiger charge is 2.19. The average molecular weight is 235 g/mol. The fourth-order valence-corrected chi connectivity index (χ4v) is 2.64. The molecule has 0 unspecified atom stereocenters. The van der Waals surface area contributed by atoms with Gasteiger partial charge in [-0.1, -0.05) is 6.92 Å². The molecule has 0 atom stereocenters. The van der Waals surface area contributed by atoms with Gasteiger partial charge in [-0.2, -0.15) is 10.5 Å². The molecule has 1 aromatic rings. The van der Waals surface area contributed by atoms with Crippen LogP contribution in [0.5, 0.6) is 0 Å². The van der Waals surface area contributed by atoms with Crippen LogP contribution in [0.1, 0.15) is 24.7 Å². The van der Waals surface area contributed by atoms with Gasteiger partial charge in [-0.3, -0.25) is 0 Å². The zero-order valence-corrected chi connectivity index (χ0v) is 9.45. The summed E-state index contributed by atoms with van der Waals surface area (Å²) in [5.74, 6) is -0.0325. The fraction of sp³-hybridized carbons (Fsp3) is 0.300. The lowest BCUT2D eigenvalue weighted by Crippen LogP contribution is -2.09. The maximum Gasteiger partial charge on any atom is 0.181 e. The second kappa shape index (κ2) is 4.73. The van der Waals surface area contributed by atoms with Crippen LogP contribution in [-0.4, -0.2) is 19.2 Å². The highest BCUT2D eigenvalue weighted by Crippen LogP contribution is 2.16. The van der Waals surface area contributed by atoms with E-state index < -0.39 is 9.84 Å². The summed E-state index contributed by atoms with van der Waals surface area (Å²) in [6, 6.07) is 6.00. The van der Waals surface area contributed by atoms with Crippen molar-refractivity contribution < 1.29 is 8.42 Å². The number of aromatic nitrogens is 1. The van der Waals surface area contributed by atoms with Crippen molar-refractivity contribution in [3.05, 3.63) is 23.5 Å². The quantitative estimate of drug-likeness (QED) is 0.779. The van der Waals surface area contributed by atoms with E-state index in [0.717, 1.165) is 0 Å². The lowest BCUT2D eigenvalue weighted by molar-refractivity contribution is 0.594. The third-order valence-corrected chi connectivity index (χ3v) is 3.83. The number of hydrogen-bond acceptors (Lipinski definition) is 5. The lowest BCUT2D eigenvalue weighted by Gasteiger charge is -2.03. The topological polar surface area (TPSA) is 94.6 Å². The zero-order chi connectivity index (χ0) is 12.2. The standard InChI is InChI=1S/C10H9N3O2S/c1-2-5-16(14,15)10-4-3-8(6-11)13-9(10)7-12/h3-4H,2,5H2,1H3. The molecule has 82 valence electrons. The minimum atomic E-state index is -3.47. The van der Waals surface area contributed by atoms with E-state index in [1.807, 2.05) is 0 Å². The molecule has 0 amide bonds. The third kappa shape index (κ3) is 2.36. The number of sulfone groups is 1. The minimum absolute atomic E-state index is 0.0325. The number of nitrogens with zero attached hydrogens (tertiary/aromatic N) is 3. The molecule has 6 heteroatoms. The first-order chi connectivity index (χ1) is 7.55. The first-order valence-electron chi connectivity index (χ1n) is 4.59. The monoisotopic (exact) mass is 235 g/mol. The van der Waals surface area contributed by atoms with Gasteiger partial charge in [-0.25, -0.2) is 13.4 Å². The first-order valence-corrected chi connectivity index (χ1v) is 6.24. The summed E-state index contributed by atoms with van der Waals surface area (Å²) in [7, 11) is -3.47. The molecule has 0 saturated carbocycles. The number of pyridine rings is 1. The molecule has 16 heavy (non-hydrogen) atoms. The summed E-state index contributed by atoms with van der Waals surface area (Å²) < 4.78 is 23.5. The van der Waals surface area contributed by atoms with Gasteiger partial charge in [-0.15, -0.1) is 0 Å². The molecular weight excluding hydrogens is 226 g/mol. The van der Waals surface area contributed by atoms with Crippen molar-refractivity contribution >= 4 is 9.84 Å². The summed E-state index contributed by atoms with van der Waals surface area (Å²) in [5.41, 5.74) is -0.181. The molecule has 1 aromatic heterocycles. The van der Waals surface area contributed by atoms with Crippen molar-refractivity contribution in [1.29, 1.82) is 10.5 Å². The molecule has 0 aliphatic rings. The van der Waals surface area contributed by atoms with Crippen LogP contribution in [0.3, 0.4) is 0 Å². The molecule has 0 aliphatic carbocycles. The Kier molecular flexibility index (Phi) is 3.60. The molecule has 0 aromatic carbocycles. The second-order valence-electron chi connectivity index (χ2n) is 3.09. The lowest BCUT2D eigenvalue weighted by atomic mass is 10.3. The van der Waals surface area contributed by atoms with Crippen LogP contribution in [0.2, 0.25) is 0 Å². The van der Waals surface area contributed by atoms with Crippen molar-refractivity contribution in [3.8, 4) is 12.1 Å². The molecule has 0 spiro atoms. The van der Waals surface area contributed by atoms with E-state index in [0.29, 0.717) is 6.42 Å². The Morgan fingerprint density at radius 2 is 2.00 bits per heavy atom. The van der Waals surface area contributed by atoms with Gasteiger partial charge in [-0.05, 0) is 18.6 Å². The molecule has 0 aliphatic heterocycles. The van der Waals surface area contributed by atoms with Crippen molar-refractivity contribution in [3.63, 3.8) is 0 Å². The van der Waals surface area contributed by atoms with Crippen LogP contribution in [0.25, 0.3) is 0 Å². The van der Waals surface area contributed by atoms with Gasteiger partial charge >= 0.3 is 0 Å². The number of nitriles is 2.